The summed E-state index contributed by atoms with van der Waals surface area (Å²) in [7, 11) is -0.478. The van der Waals surface area contributed by atoms with Gasteiger partial charge in [-0.2, -0.15) is 0 Å². The van der Waals surface area contributed by atoms with E-state index in [0.29, 0.717) is 19.6 Å². The molecule has 0 aromatic heterocycles. The molecule has 1 aromatic carbocycles. The predicted octanol–water partition coefficient (Wildman–Crippen LogP) is 0.404. The Hall–Kier alpha value is -1.15. The van der Waals surface area contributed by atoms with E-state index in [1.165, 1.54) is 26.3 Å². The summed E-state index contributed by atoms with van der Waals surface area (Å²) in [4.78, 5) is 0.222. The van der Waals surface area contributed by atoms with Crippen LogP contribution in [-0.2, 0) is 14.8 Å². The van der Waals surface area contributed by atoms with Crippen molar-refractivity contribution in [1.29, 1.82) is 0 Å². The summed E-state index contributed by atoms with van der Waals surface area (Å²) in [6, 6.07) is 6.43. The van der Waals surface area contributed by atoms with Gasteiger partial charge in [-0.1, -0.05) is 0 Å². The molecule has 0 aliphatic carbocycles. The third-order valence-corrected chi connectivity index (χ3v) is 4.03. The summed E-state index contributed by atoms with van der Waals surface area (Å²) in [5.74, 6) is 0. The Morgan fingerprint density at radius 1 is 1.32 bits per heavy atom. The number of aliphatic hydroxyl groups excluding tert-OH is 1. The van der Waals surface area contributed by atoms with Crippen LogP contribution in [0.3, 0.4) is 0 Å². The average Bonchev–Trinajstić information content (AvgIpc) is 2.40. The second kappa shape index (κ2) is 7.44. The lowest BCUT2D eigenvalue weighted by Crippen LogP contribution is -2.19. The number of aliphatic hydroxyl groups is 1. The van der Waals surface area contributed by atoms with Crippen LogP contribution < -0.4 is 10.0 Å². The van der Waals surface area contributed by atoms with E-state index in [1.807, 2.05) is 0 Å². The highest BCUT2D eigenvalue weighted by Crippen LogP contribution is 2.13. The molecule has 7 heteroatoms. The number of rotatable bonds is 8. The summed E-state index contributed by atoms with van der Waals surface area (Å²) >= 11 is 0. The number of benzene rings is 1. The normalized spacial score (nSPS) is 13.2. The highest BCUT2D eigenvalue weighted by molar-refractivity contribution is 7.89. The summed E-state index contributed by atoms with van der Waals surface area (Å²) < 4.78 is 30.1. The van der Waals surface area contributed by atoms with Crippen molar-refractivity contribution in [3.8, 4) is 0 Å². The van der Waals surface area contributed by atoms with Crippen molar-refractivity contribution in [2.75, 3.05) is 32.6 Å². The molecule has 0 radical (unpaired) electrons. The molecule has 1 atom stereocenters. The number of methoxy groups -OCH3 is 1. The van der Waals surface area contributed by atoms with Gasteiger partial charge in [-0.15, -0.1) is 0 Å². The molecular weight excluding hydrogens is 268 g/mol. The van der Waals surface area contributed by atoms with Crippen LogP contribution >= 0.6 is 0 Å². The molecule has 3 N–H and O–H groups in total. The van der Waals surface area contributed by atoms with Gasteiger partial charge in [0.2, 0.25) is 10.0 Å². The Balaban J connectivity index is 2.49. The SMILES string of the molecule is CNS(=O)(=O)c1ccc(NCCC(O)COC)cc1. The van der Waals surface area contributed by atoms with Gasteiger partial charge >= 0.3 is 0 Å². The smallest absolute Gasteiger partial charge is 0.240 e. The van der Waals surface area contributed by atoms with Crippen LogP contribution in [0.5, 0.6) is 0 Å². The lowest BCUT2D eigenvalue weighted by molar-refractivity contribution is 0.0615. The fourth-order valence-electron chi connectivity index (χ4n) is 1.53. The maximum atomic E-state index is 11.5. The largest absolute Gasteiger partial charge is 0.391 e. The van der Waals surface area contributed by atoms with E-state index in [2.05, 4.69) is 10.0 Å². The molecule has 0 heterocycles. The lowest BCUT2D eigenvalue weighted by atomic mass is 10.2. The fourth-order valence-corrected chi connectivity index (χ4v) is 2.26. The van der Waals surface area contributed by atoms with Crippen molar-refractivity contribution in [2.45, 2.75) is 17.4 Å². The van der Waals surface area contributed by atoms with E-state index in [1.54, 1.807) is 12.1 Å². The van der Waals surface area contributed by atoms with Crippen molar-refractivity contribution in [1.82, 2.24) is 4.72 Å². The molecule has 0 aliphatic rings. The first-order valence-corrected chi connectivity index (χ1v) is 7.42. The second-order valence-electron chi connectivity index (χ2n) is 4.06. The van der Waals surface area contributed by atoms with E-state index in [-0.39, 0.29) is 4.90 Å². The molecule has 1 aromatic rings. The first-order valence-electron chi connectivity index (χ1n) is 5.94. The summed E-state index contributed by atoms with van der Waals surface area (Å²) in [6.45, 7) is 0.893. The van der Waals surface area contributed by atoms with E-state index in [9.17, 15) is 13.5 Å². The van der Waals surface area contributed by atoms with Crippen LogP contribution in [0.1, 0.15) is 6.42 Å². The minimum atomic E-state index is -3.39. The zero-order valence-electron chi connectivity index (χ0n) is 11.1. The molecule has 0 fully saturated rings. The number of hydrogen-bond acceptors (Lipinski definition) is 5. The van der Waals surface area contributed by atoms with Crippen molar-refractivity contribution in [2.24, 2.45) is 0 Å². The van der Waals surface area contributed by atoms with Crippen LogP contribution in [0.15, 0.2) is 29.2 Å². The van der Waals surface area contributed by atoms with Gasteiger partial charge in [0.15, 0.2) is 0 Å². The molecule has 0 aliphatic heterocycles. The summed E-state index contributed by atoms with van der Waals surface area (Å²) in [5, 5.41) is 12.6. The molecule has 0 saturated carbocycles. The molecule has 0 bridgehead atoms. The predicted molar refractivity (Wildman–Crippen MR) is 73.7 cm³/mol. The van der Waals surface area contributed by atoms with E-state index < -0.39 is 16.1 Å². The van der Waals surface area contributed by atoms with E-state index >= 15 is 0 Å². The third kappa shape index (κ3) is 5.15. The van der Waals surface area contributed by atoms with Crippen LogP contribution in [0.4, 0.5) is 5.69 Å². The number of sulfonamides is 1. The molecule has 0 saturated heterocycles. The summed E-state index contributed by atoms with van der Waals surface area (Å²) in [6.07, 6.45) is 0.0613. The molecular formula is C12H20N2O4S. The molecule has 0 amide bonds. The maximum absolute atomic E-state index is 11.5. The Morgan fingerprint density at radius 2 is 1.95 bits per heavy atom. The second-order valence-corrected chi connectivity index (χ2v) is 5.94. The van der Waals surface area contributed by atoms with Crippen molar-refractivity contribution in [3.63, 3.8) is 0 Å². The minimum absolute atomic E-state index is 0.222. The minimum Gasteiger partial charge on any atom is -0.391 e. The quantitative estimate of drug-likeness (QED) is 0.644. The highest BCUT2D eigenvalue weighted by atomic mass is 32.2. The Bertz CT molecular complexity index is 473. The number of hydrogen-bond donors (Lipinski definition) is 3. The zero-order chi connectivity index (χ0) is 14.3. The lowest BCUT2D eigenvalue weighted by Gasteiger charge is -2.11. The first-order chi connectivity index (χ1) is 8.99. The summed E-state index contributed by atoms with van der Waals surface area (Å²) in [5.41, 5.74) is 0.805. The number of anilines is 1. The van der Waals surface area contributed by atoms with E-state index in [0.717, 1.165) is 5.69 Å². The van der Waals surface area contributed by atoms with Gasteiger partial charge in [0.25, 0.3) is 0 Å². The van der Waals surface area contributed by atoms with Gasteiger partial charge in [0, 0.05) is 19.3 Å². The van der Waals surface area contributed by atoms with Crippen molar-refractivity contribution < 1.29 is 18.3 Å². The van der Waals surface area contributed by atoms with Gasteiger partial charge in [-0.05, 0) is 37.7 Å². The number of ether oxygens (including phenoxy) is 1. The maximum Gasteiger partial charge on any atom is 0.240 e. The Labute approximate surface area is 113 Å². The molecule has 19 heavy (non-hydrogen) atoms. The Morgan fingerprint density at radius 3 is 2.47 bits per heavy atom. The van der Waals surface area contributed by atoms with Gasteiger partial charge in [0.1, 0.15) is 0 Å². The van der Waals surface area contributed by atoms with Crippen molar-refractivity contribution in [3.05, 3.63) is 24.3 Å². The highest BCUT2D eigenvalue weighted by Gasteiger charge is 2.10. The van der Waals surface area contributed by atoms with Gasteiger partial charge in [-0.3, -0.25) is 0 Å². The van der Waals surface area contributed by atoms with Crippen LogP contribution in [0.25, 0.3) is 0 Å². The van der Waals surface area contributed by atoms with Crippen LogP contribution in [0.2, 0.25) is 0 Å². The average molecular weight is 288 g/mol. The zero-order valence-corrected chi connectivity index (χ0v) is 11.9. The van der Waals surface area contributed by atoms with Gasteiger partial charge < -0.3 is 15.2 Å². The topological polar surface area (TPSA) is 87.7 Å². The molecule has 6 nitrogen and oxygen atoms in total. The van der Waals surface area contributed by atoms with Gasteiger partial charge in [-0.25, -0.2) is 13.1 Å². The standard InChI is InChI=1S/C12H20N2O4S/c1-13-19(16,17)12-5-3-10(4-6-12)14-8-7-11(15)9-18-2/h3-6,11,13-15H,7-9H2,1-2H3. The molecule has 108 valence electrons. The molecule has 0 spiro atoms. The van der Waals surface area contributed by atoms with Crippen LogP contribution in [-0.4, -0.2) is 46.9 Å². The Kier molecular flexibility index (Phi) is 6.23. The van der Waals surface area contributed by atoms with E-state index in [4.69, 9.17) is 4.74 Å². The molecule has 1 unspecified atom stereocenters. The monoisotopic (exact) mass is 288 g/mol. The third-order valence-electron chi connectivity index (χ3n) is 2.60. The van der Waals surface area contributed by atoms with Gasteiger partial charge in [0.05, 0.1) is 17.6 Å². The van der Waals surface area contributed by atoms with Crippen molar-refractivity contribution >= 4 is 15.7 Å². The molecule has 1 rings (SSSR count). The van der Waals surface area contributed by atoms with Crippen LogP contribution in [0, 0.1) is 0 Å². The first kappa shape index (κ1) is 15.9. The fraction of sp³-hybridized carbons (Fsp3) is 0.500. The number of nitrogens with one attached hydrogen (secondary N) is 2.